The maximum absolute atomic E-state index is 11.7. The van der Waals surface area contributed by atoms with Gasteiger partial charge in [0.2, 0.25) is 16.0 Å². The second kappa shape index (κ2) is 4.44. The number of nitrogens with zero attached hydrogens (tertiary/aromatic N) is 2. The lowest BCUT2D eigenvalue weighted by Gasteiger charge is -2.07. The first-order valence-electron chi connectivity index (χ1n) is 4.78. The summed E-state index contributed by atoms with van der Waals surface area (Å²) >= 11 is 1.17. The molecule has 0 radical (unpaired) electrons. The van der Waals surface area contributed by atoms with E-state index in [4.69, 9.17) is 0 Å². The van der Waals surface area contributed by atoms with Gasteiger partial charge in [0.1, 0.15) is 0 Å². The number of anilines is 1. The van der Waals surface area contributed by atoms with E-state index in [0.29, 0.717) is 23.1 Å². The summed E-state index contributed by atoms with van der Waals surface area (Å²) in [5, 5.41) is 16.5. The van der Waals surface area contributed by atoms with E-state index in [1.54, 1.807) is 7.05 Å². The predicted octanol–water partition coefficient (Wildman–Crippen LogP) is -0.802. The molecule has 8 heteroatoms. The molecule has 0 saturated carbocycles. The fourth-order valence-electron chi connectivity index (χ4n) is 1.37. The van der Waals surface area contributed by atoms with Crippen LogP contribution in [-0.4, -0.2) is 41.6 Å². The number of aromatic nitrogens is 2. The molecule has 1 aliphatic rings. The van der Waals surface area contributed by atoms with E-state index in [2.05, 4.69) is 26.1 Å². The largest absolute Gasteiger partial charge is 0.363 e. The van der Waals surface area contributed by atoms with Gasteiger partial charge in [0.15, 0.2) is 0 Å². The number of carbonyl (C=O) groups is 2. The molecular formula is C8H11N5O2S. The number of hydrogen-bond donors (Lipinski definition) is 3. The molecule has 0 aliphatic carbocycles. The third kappa shape index (κ3) is 2.27. The van der Waals surface area contributed by atoms with Gasteiger partial charge in [0.05, 0.1) is 6.04 Å². The highest BCUT2D eigenvalue weighted by atomic mass is 32.1. The fourth-order valence-corrected chi connectivity index (χ4v) is 1.97. The maximum atomic E-state index is 11.7. The van der Waals surface area contributed by atoms with Crippen molar-refractivity contribution in [1.29, 1.82) is 0 Å². The molecule has 1 aliphatic heterocycles. The SMILES string of the molecule is CNc1nnc(C(=O)NC2CNC(=O)C2)s1. The van der Waals surface area contributed by atoms with Gasteiger partial charge in [0.25, 0.3) is 5.91 Å². The Morgan fingerprint density at radius 3 is 2.94 bits per heavy atom. The van der Waals surface area contributed by atoms with Gasteiger partial charge in [-0.25, -0.2) is 0 Å². The highest BCUT2D eigenvalue weighted by molar-refractivity contribution is 7.17. The van der Waals surface area contributed by atoms with Crippen LogP contribution in [0.25, 0.3) is 0 Å². The monoisotopic (exact) mass is 241 g/mol. The third-order valence-corrected chi connectivity index (χ3v) is 3.09. The van der Waals surface area contributed by atoms with Crippen molar-refractivity contribution in [3.05, 3.63) is 5.01 Å². The smallest absolute Gasteiger partial charge is 0.282 e. The van der Waals surface area contributed by atoms with Crippen molar-refractivity contribution in [3.8, 4) is 0 Å². The van der Waals surface area contributed by atoms with Crippen LogP contribution in [0.3, 0.4) is 0 Å². The molecule has 3 N–H and O–H groups in total. The predicted molar refractivity (Wildman–Crippen MR) is 58.3 cm³/mol. The van der Waals surface area contributed by atoms with Crippen molar-refractivity contribution in [2.75, 3.05) is 18.9 Å². The highest BCUT2D eigenvalue weighted by Gasteiger charge is 2.24. The molecule has 2 amide bonds. The fraction of sp³-hybridized carbons (Fsp3) is 0.500. The van der Waals surface area contributed by atoms with Crippen molar-refractivity contribution < 1.29 is 9.59 Å². The number of amides is 2. The van der Waals surface area contributed by atoms with E-state index in [9.17, 15) is 9.59 Å². The summed E-state index contributed by atoms with van der Waals surface area (Å²) in [4.78, 5) is 22.6. The molecule has 0 aromatic carbocycles. The van der Waals surface area contributed by atoms with Gasteiger partial charge >= 0.3 is 0 Å². The molecular weight excluding hydrogens is 230 g/mol. The molecule has 1 atom stereocenters. The van der Waals surface area contributed by atoms with E-state index < -0.39 is 0 Å². The zero-order chi connectivity index (χ0) is 11.5. The van der Waals surface area contributed by atoms with Crippen LogP contribution in [0.2, 0.25) is 0 Å². The third-order valence-electron chi connectivity index (χ3n) is 2.15. The Balaban J connectivity index is 1.95. The second-order valence-corrected chi connectivity index (χ2v) is 4.32. The lowest BCUT2D eigenvalue weighted by Crippen LogP contribution is -2.36. The van der Waals surface area contributed by atoms with Crippen molar-refractivity contribution in [3.63, 3.8) is 0 Å². The van der Waals surface area contributed by atoms with Crippen LogP contribution in [0.1, 0.15) is 16.2 Å². The number of carbonyl (C=O) groups excluding carboxylic acids is 2. The zero-order valence-corrected chi connectivity index (χ0v) is 9.43. The average molecular weight is 241 g/mol. The Bertz CT molecular complexity index is 418. The van der Waals surface area contributed by atoms with Gasteiger partial charge in [-0.15, -0.1) is 10.2 Å². The molecule has 7 nitrogen and oxygen atoms in total. The number of hydrogen-bond acceptors (Lipinski definition) is 6. The minimum absolute atomic E-state index is 0.0431. The second-order valence-electron chi connectivity index (χ2n) is 3.34. The van der Waals surface area contributed by atoms with Crippen LogP contribution in [0.4, 0.5) is 5.13 Å². The van der Waals surface area contributed by atoms with Gasteiger partial charge in [0, 0.05) is 20.0 Å². The van der Waals surface area contributed by atoms with E-state index >= 15 is 0 Å². The summed E-state index contributed by atoms with van der Waals surface area (Å²) in [5.41, 5.74) is 0. The summed E-state index contributed by atoms with van der Waals surface area (Å²) < 4.78 is 0. The Labute approximate surface area is 95.6 Å². The van der Waals surface area contributed by atoms with Crippen molar-refractivity contribution in [2.24, 2.45) is 0 Å². The number of nitrogens with one attached hydrogen (secondary N) is 3. The molecule has 86 valence electrons. The van der Waals surface area contributed by atoms with E-state index in [1.807, 2.05) is 0 Å². The van der Waals surface area contributed by atoms with Gasteiger partial charge < -0.3 is 16.0 Å². The molecule has 0 bridgehead atoms. The van der Waals surface area contributed by atoms with Crippen LogP contribution in [0.15, 0.2) is 0 Å². The molecule has 1 fully saturated rings. The first kappa shape index (κ1) is 10.8. The minimum atomic E-state index is -0.291. The molecule has 1 aromatic rings. The Hall–Kier alpha value is -1.70. The van der Waals surface area contributed by atoms with Gasteiger partial charge in [-0.3, -0.25) is 9.59 Å². The van der Waals surface area contributed by atoms with Crippen molar-refractivity contribution in [1.82, 2.24) is 20.8 Å². The Morgan fingerprint density at radius 1 is 1.56 bits per heavy atom. The quantitative estimate of drug-likeness (QED) is 0.643. The van der Waals surface area contributed by atoms with Crippen molar-refractivity contribution in [2.45, 2.75) is 12.5 Å². The average Bonchev–Trinajstić information content (AvgIpc) is 2.87. The van der Waals surface area contributed by atoms with Gasteiger partial charge in [-0.2, -0.15) is 0 Å². The number of rotatable bonds is 3. The lowest BCUT2D eigenvalue weighted by atomic mass is 10.2. The maximum Gasteiger partial charge on any atom is 0.282 e. The highest BCUT2D eigenvalue weighted by Crippen LogP contribution is 2.14. The molecule has 1 saturated heterocycles. The van der Waals surface area contributed by atoms with Crippen LogP contribution < -0.4 is 16.0 Å². The molecule has 1 unspecified atom stereocenters. The normalized spacial score (nSPS) is 19.3. The summed E-state index contributed by atoms with van der Waals surface area (Å²) in [7, 11) is 1.71. The van der Waals surface area contributed by atoms with Crippen LogP contribution in [0.5, 0.6) is 0 Å². The first-order valence-corrected chi connectivity index (χ1v) is 5.59. The molecule has 0 spiro atoms. The van der Waals surface area contributed by atoms with E-state index in [0.717, 1.165) is 0 Å². The Kier molecular flexibility index (Phi) is 3.00. The molecule has 16 heavy (non-hydrogen) atoms. The summed E-state index contributed by atoms with van der Waals surface area (Å²) in [6, 6.07) is -0.151. The lowest BCUT2D eigenvalue weighted by molar-refractivity contribution is -0.119. The molecule has 2 heterocycles. The van der Waals surface area contributed by atoms with Crippen LogP contribution in [-0.2, 0) is 4.79 Å². The summed E-state index contributed by atoms with van der Waals surface area (Å²) in [5.74, 6) is -0.334. The van der Waals surface area contributed by atoms with E-state index in [-0.39, 0.29) is 17.9 Å². The van der Waals surface area contributed by atoms with Crippen molar-refractivity contribution >= 4 is 28.3 Å². The minimum Gasteiger partial charge on any atom is -0.363 e. The van der Waals surface area contributed by atoms with Crippen LogP contribution in [0, 0.1) is 0 Å². The van der Waals surface area contributed by atoms with Gasteiger partial charge in [-0.05, 0) is 0 Å². The summed E-state index contributed by atoms with van der Waals surface area (Å²) in [6.07, 6.45) is 0.323. The van der Waals surface area contributed by atoms with E-state index in [1.165, 1.54) is 11.3 Å². The first-order chi connectivity index (χ1) is 7.69. The standard InChI is InChI=1S/C8H11N5O2S/c1-9-8-13-12-7(16-8)6(15)11-4-2-5(14)10-3-4/h4H,2-3H2,1H3,(H,9,13)(H,10,14)(H,11,15). The molecule has 1 aromatic heterocycles. The summed E-state index contributed by atoms with van der Waals surface area (Å²) in [6.45, 7) is 0.474. The Morgan fingerprint density at radius 2 is 2.38 bits per heavy atom. The topological polar surface area (TPSA) is 96.0 Å². The van der Waals surface area contributed by atoms with Gasteiger partial charge in [-0.1, -0.05) is 11.3 Å². The zero-order valence-electron chi connectivity index (χ0n) is 8.61. The molecule has 2 rings (SSSR count). The van der Waals surface area contributed by atoms with Crippen LogP contribution >= 0.6 is 11.3 Å².